The molecule has 0 saturated carbocycles. The first-order valence-corrected chi connectivity index (χ1v) is 7.80. The number of thiophene rings is 1. The summed E-state index contributed by atoms with van der Waals surface area (Å²) in [6.07, 6.45) is 6.13. The topological polar surface area (TPSA) is 38.0 Å². The van der Waals surface area contributed by atoms with Crippen LogP contribution in [0.25, 0.3) is 0 Å². The molecule has 1 aromatic carbocycles. The number of hydrogen-bond donors (Lipinski definition) is 2. The van der Waals surface area contributed by atoms with Crippen molar-refractivity contribution in [2.24, 2.45) is 5.84 Å². The standard InChI is InChI=1S/C16H20N2S/c17-18-14(10-12-6-2-1-3-7-12)16-11-13-8-4-5-9-15(13)19-16/h1-3,6-7,11,14,18H,4-5,8-10,17H2. The van der Waals surface area contributed by atoms with Gasteiger partial charge in [-0.3, -0.25) is 11.3 Å². The smallest absolute Gasteiger partial charge is 0.0593 e. The maximum absolute atomic E-state index is 5.77. The first kappa shape index (κ1) is 12.9. The zero-order valence-electron chi connectivity index (χ0n) is 11.1. The molecule has 1 unspecified atom stereocenters. The van der Waals surface area contributed by atoms with Crippen LogP contribution in [0.5, 0.6) is 0 Å². The highest BCUT2D eigenvalue weighted by molar-refractivity contribution is 7.12. The highest BCUT2D eigenvalue weighted by Crippen LogP contribution is 2.33. The molecule has 1 aromatic heterocycles. The first-order chi connectivity index (χ1) is 9.36. The van der Waals surface area contributed by atoms with Gasteiger partial charge in [0.15, 0.2) is 0 Å². The van der Waals surface area contributed by atoms with Crippen LogP contribution in [-0.4, -0.2) is 0 Å². The summed E-state index contributed by atoms with van der Waals surface area (Å²) in [6.45, 7) is 0. The van der Waals surface area contributed by atoms with Crippen molar-refractivity contribution in [2.75, 3.05) is 0 Å². The van der Waals surface area contributed by atoms with Crippen LogP contribution in [0.1, 0.15) is 39.8 Å². The minimum absolute atomic E-state index is 0.234. The quantitative estimate of drug-likeness (QED) is 0.661. The second-order valence-electron chi connectivity index (χ2n) is 5.21. The van der Waals surface area contributed by atoms with Crippen LogP contribution in [0.2, 0.25) is 0 Å². The molecule has 0 fully saturated rings. The summed E-state index contributed by atoms with van der Waals surface area (Å²) in [4.78, 5) is 2.97. The van der Waals surface area contributed by atoms with E-state index >= 15 is 0 Å². The van der Waals surface area contributed by atoms with Gasteiger partial charge in [-0.1, -0.05) is 30.3 Å². The third kappa shape index (κ3) is 2.89. The molecular formula is C16H20N2S. The van der Waals surface area contributed by atoms with E-state index in [1.807, 2.05) is 11.3 Å². The number of rotatable bonds is 4. The molecule has 1 aliphatic carbocycles. The Morgan fingerprint density at radius 1 is 1.16 bits per heavy atom. The van der Waals surface area contributed by atoms with Crippen molar-refractivity contribution >= 4 is 11.3 Å². The largest absolute Gasteiger partial charge is 0.271 e. The zero-order valence-corrected chi connectivity index (χ0v) is 11.9. The Hall–Kier alpha value is -1.16. The molecule has 0 radical (unpaired) electrons. The molecule has 19 heavy (non-hydrogen) atoms. The predicted octanol–water partition coefficient (Wildman–Crippen LogP) is 3.37. The summed E-state index contributed by atoms with van der Waals surface area (Å²) >= 11 is 1.94. The Morgan fingerprint density at radius 3 is 2.68 bits per heavy atom. The van der Waals surface area contributed by atoms with E-state index in [2.05, 4.69) is 41.8 Å². The third-order valence-corrected chi connectivity index (χ3v) is 5.19. The van der Waals surface area contributed by atoms with Crippen molar-refractivity contribution in [1.29, 1.82) is 0 Å². The average molecular weight is 272 g/mol. The van der Waals surface area contributed by atoms with E-state index < -0.39 is 0 Å². The lowest BCUT2D eigenvalue weighted by molar-refractivity contribution is 0.560. The Morgan fingerprint density at radius 2 is 1.95 bits per heavy atom. The van der Waals surface area contributed by atoms with Gasteiger partial charge in [-0.25, -0.2) is 0 Å². The van der Waals surface area contributed by atoms with Gasteiger partial charge in [0.05, 0.1) is 6.04 Å². The van der Waals surface area contributed by atoms with Crippen LogP contribution in [-0.2, 0) is 19.3 Å². The maximum Gasteiger partial charge on any atom is 0.0593 e. The lowest BCUT2D eigenvalue weighted by Gasteiger charge is -2.14. The van der Waals surface area contributed by atoms with E-state index in [1.165, 1.54) is 36.1 Å². The summed E-state index contributed by atoms with van der Waals surface area (Å²) in [5.74, 6) is 5.77. The Labute approximate surface area is 118 Å². The van der Waals surface area contributed by atoms with E-state index in [0.29, 0.717) is 0 Å². The molecule has 0 saturated heterocycles. The lowest BCUT2D eigenvalue weighted by Crippen LogP contribution is -2.28. The molecule has 3 rings (SSSR count). The van der Waals surface area contributed by atoms with Crippen LogP contribution in [0.4, 0.5) is 0 Å². The van der Waals surface area contributed by atoms with Crippen molar-refractivity contribution < 1.29 is 0 Å². The second kappa shape index (κ2) is 5.87. The Kier molecular flexibility index (Phi) is 3.97. The number of nitrogens with two attached hydrogens (primary N) is 1. The molecule has 2 aromatic rings. The molecule has 100 valence electrons. The van der Waals surface area contributed by atoms with Crippen molar-refractivity contribution in [1.82, 2.24) is 5.43 Å². The van der Waals surface area contributed by atoms with Gasteiger partial charge in [-0.2, -0.15) is 0 Å². The van der Waals surface area contributed by atoms with E-state index in [4.69, 9.17) is 5.84 Å². The van der Waals surface area contributed by atoms with Gasteiger partial charge < -0.3 is 0 Å². The fraction of sp³-hybridized carbons (Fsp3) is 0.375. The summed E-state index contributed by atoms with van der Waals surface area (Å²) < 4.78 is 0. The summed E-state index contributed by atoms with van der Waals surface area (Å²) in [5, 5.41) is 0. The summed E-state index contributed by atoms with van der Waals surface area (Å²) in [5.41, 5.74) is 5.87. The van der Waals surface area contributed by atoms with Gasteiger partial charge in [0.1, 0.15) is 0 Å². The molecule has 3 N–H and O–H groups in total. The van der Waals surface area contributed by atoms with E-state index in [0.717, 1.165) is 6.42 Å². The van der Waals surface area contributed by atoms with Gasteiger partial charge in [-0.15, -0.1) is 11.3 Å². The molecular weight excluding hydrogens is 252 g/mol. The predicted molar refractivity (Wildman–Crippen MR) is 81.2 cm³/mol. The summed E-state index contributed by atoms with van der Waals surface area (Å²) in [7, 11) is 0. The van der Waals surface area contributed by atoms with Gasteiger partial charge in [0.2, 0.25) is 0 Å². The van der Waals surface area contributed by atoms with E-state index in [1.54, 1.807) is 10.4 Å². The molecule has 0 aliphatic heterocycles. The normalized spacial score (nSPS) is 16.1. The fourth-order valence-corrected chi connectivity index (χ4v) is 4.09. The zero-order chi connectivity index (χ0) is 13.1. The molecule has 1 heterocycles. The number of hydrazine groups is 1. The highest BCUT2D eigenvalue weighted by atomic mass is 32.1. The molecule has 0 amide bonds. The maximum atomic E-state index is 5.77. The van der Waals surface area contributed by atoms with Crippen LogP contribution >= 0.6 is 11.3 Å². The van der Waals surface area contributed by atoms with Crippen molar-refractivity contribution in [3.05, 3.63) is 57.3 Å². The Balaban J connectivity index is 1.80. The van der Waals surface area contributed by atoms with E-state index in [9.17, 15) is 0 Å². The minimum Gasteiger partial charge on any atom is -0.271 e. The highest BCUT2D eigenvalue weighted by Gasteiger charge is 2.18. The lowest BCUT2D eigenvalue weighted by atomic mass is 9.98. The van der Waals surface area contributed by atoms with Crippen molar-refractivity contribution in [3.8, 4) is 0 Å². The molecule has 1 aliphatic rings. The SMILES string of the molecule is NNC(Cc1ccccc1)c1cc2c(s1)CCCC2. The van der Waals surface area contributed by atoms with E-state index in [-0.39, 0.29) is 6.04 Å². The minimum atomic E-state index is 0.234. The van der Waals surface area contributed by atoms with Crippen LogP contribution in [0.15, 0.2) is 36.4 Å². The van der Waals surface area contributed by atoms with Gasteiger partial charge in [-0.05, 0) is 49.3 Å². The van der Waals surface area contributed by atoms with Crippen molar-refractivity contribution in [3.63, 3.8) is 0 Å². The second-order valence-corrected chi connectivity index (χ2v) is 6.38. The number of fused-ring (bicyclic) bond motifs is 1. The number of aryl methyl sites for hydroxylation is 2. The van der Waals surface area contributed by atoms with Crippen molar-refractivity contribution in [2.45, 2.75) is 38.1 Å². The number of nitrogens with one attached hydrogen (secondary N) is 1. The fourth-order valence-electron chi connectivity index (χ4n) is 2.78. The first-order valence-electron chi connectivity index (χ1n) is 6.98. The molecule has 0 spiro atoms. The monoisotopic (exact) mass is 272 g/mol. The third-order valence-electron chi connectivity index (χ3n) is 3.84. The average Bonchev–Trinajstić information content (AvgIpc) is 2.89. The molecule has 2 nitrogen and oxygen atoms in total. The van der Waals surface area contributed by atoms with Gasteiger partial charge in [0.25, 0.3) is 0 Å². The molecule has 3 heteroatoms. The van der Waals surface area contributed by atoms with Gasteiger partial charge >= 0.3 is 0 Å². The number of hydrogen-bond acceptors (Lipinski definition) is 3. The van der Waals surface area contributed by atoms with Crippen LogP contribution in [0.3, 0.4) is 0 Å². The Bertz CT molecular complexity index is 509. The van der Waals surface area contributed by atoms with Crippen LogP contribution in [0, 0.1) is 0 Å². The van der Waals surface area contributed by atoms with Gasteiger partial charge in [0, 0.05) is 9.75 Å². The van der Waals surface area contributed by atoms with Crippen LogP contribution < -0.4 is 11.3 Å². The summed E-state index contributed by atoms with van der Waals surface area (Å²) in [6, 6.07) is 13.2. The molecule has 0 bridgehead atoms. The number of benzene rings is 1. The molecule has 1 atom stereocenters.